The van der Waals surface area contributed by atoms with Gasteiger partial charge in [0.15, 0.2) is 5.13 Å². The van der Waals surface area contributed by atoms with Crippen LogP contribution in [0.5, 0.6) is 0 Å². The van der Waals surface area contributed by atoms with Crippen molar-refractivity contribution in [3.8, 4) is 0 Å². The lowest BCUT2D eigenvalue weighted by molar-refractivity contribution is -0.128. The van der Waals surface area contributed by atoms with E-state index < -0.39 is 0 Å². The molecule has 1 aromatic carbocycles. The smallest absolute Gasteiger partial charge is 0.231 e. The van der Waals surface area contributed by atoms with E-state index >= 15 is 0 Å². The van der Waals surface area contributed by atoms with Gasteiger partial charge >= 0.3 is 0 Å². The first-order chi connectivity index (χ1) is 11.7. The van der Waals surface area contributed by atoms with Crippen molar-refractivity contribution in [3.63, 3.8) is 0 Å². The molecule has 1 aromatic heterocycles. The van der Waals surface area contributed by atoms with Crippen molar-refractivity contribution >= 4 is 28.3 Å². The molecule has 4 rings (SSSR count). The number of anilines is 1. The van der Waals surface area contributed by atoms with Crippen molar-refractivity contribution in [2.24, 2.45) is 5.92 Å². The number of likely N-dealkylation sites (tertiary alicyclic amines) is 1. The number of nitrogens with one attached hydrogen (secondary N) is 1. The highest BCUT2D eigenvalue weighted by molar-refractivity contribution is 7.13. The van der Waals surface area contributed by atoms with Crippen LogP contribution in [0.2, 0.25) is 0 Å². The number of nitrogens with zero attached hydrogens (tertiary/aromatic N) is 2. The van der Waals surface area contributed by atoms with Crippen molar-refractivity contribution < 1.29 is 9.59 Å². The van der Waals surface area contributed by atoms with Crippen LogP contribution >= 0.6 is 11.3 Å². The predicted molar refractivity (Wildman–Crippen MR) is 92.7 cm³/mol. The van der Waals surface area contributed by atoms with Crippen LogP contribution in [-0.2, 0) is 16.1 Å². The van der Waals surface area contributed by atoms with Crippen LogP contribution in [0.3, 0.4) is 0 Å². The van der Waals surface area contributed by atoms with Gasteiger partial charge in [-0.05, 0) is 18.4 Å². The fourth-order valence-electron chi connectivity index (χ4n) is 3.02. The van der Waals surface area contributed by atoms with Crippen LogP contribution in [0.4, 0.5) is 5.13 Å². The second-order valence-electron chi connectivity index (χ2n) is 6.50. The number of hydrogen-bond acceptors (Lipinski definition) is 4. The molecule has 2 fully saturated rings. The Balaban J connectivity index is 1.35. The van der Waals surface area contributed by atoms with Gasteiger partial charge in [0, 0.05) is 30.8 Å². The topological polar surface area (TPSA) is 62.3 Å². The zero-order valence-electron chi connectivity index (χ0n) is 13.3. The number of hydrogen-bond donors (Lipinski definition) is 1. The Morgan fingerprint density at radius 2 is 2.08 bits per heavy atom. The lowest BCUT2D eigenvalue weighted by Crippen LogP contribution is -2.28. The van der Waals surface area contributed by atoms with E-state index in [2.05, 4.69) is 10.3 Å². The van der Waals surface area contributed by atoms with E-state index in [1.807, 2.05) is 35.7 Å². The third-order valence-corrected chi connectivity index (χ3v) is 5.33. The van der Waals surface area contributed by atoms with Crippen molar-refractivity contribution in [2.75, 3.05) is 11.9 Å². The number of rotatable bonds is 5. The molecule has 1 saturated carbocycles. The fraction of sp³-hybridized carbons (Fsp3) is 0.389. The van der Waals surface area contributed by atoms with E-state index in [-0.39, 0.29) is 24.2 Å². The summed E-state index contributed by atoms with van der Waals surface area (Å²) in [6, 6.07) is 9.86. The van der Waals surface area contributed by atoms with E-state index in [1.165, 1.54) is 24.2 Å². The van der Waals surface area contributed by atoms with Gasteiger partial charge in [0.2, 0.25) is 11.8 Å². The highest BCUT2D eigenvalue weighted by atomic mass is 32.1. The van der Waals surface area contributed by atoms with Crippen molar-refractivity contribution in [3.05, 3.63) is 47.0 Å². The second kappa shape index (κ2) is 6.36. The van der Waals surface area contributed by atoms with Gasteiger partial charge in [-0.25, -0.2) is 4.98 Å². The Morgan fingerprint density at radius 1 is 1.29 bits per heavy atom. The molecule has 2 aliphatic rings. The fourth-order valence-corrected chi connectivity index (χ4v) is 3.82. The minimum absolute atomic E-state index is 0.0387. The molecular formula is C18H19N3O2S. The summed E-state index contributed by atoms with van der Waals surface area (Å²) < 4.78 is 0. The average molecular weight is 341 g/mol. The molecule has 0 unspecified atom stereocenters. The highest BCUT2D eigenvalue weighted by Gasteiger charge is 2.34. The molecular weight excluding hydrogens is 322 g/mol. The maximum atomic E-state index is 12.4. The minimum Gasteiger partial charge on any atom is -0.338 e. The SMILES string of the molecule is O=C(Nc1nc(C2CC2)cs1)[C@H]1CC(=O)N(Cc2ccccc2)C1. The normalized spacial score (nSPS) is 20.4. The lowest BCUT2D eigenvalue weighted by atomic mass is 10.1. The molecule has 1 saturated heterocycles. The molecule has 2 amide bonds. The maximum absolute atomic E-state index is 12.4. The number of thiazole rings is 1. The number of carbonyl (C=O) groups is 2. The van der Waals surface area contributed by atoms with Crippen LogP contribution in [-0.4, -0.2) is 28.2 Å². The zero-order valence-corrected chi connectivity index (χ0v) is 14.1. The molecule has 124 valence electrons. The number of amides is 2. The number of aromatic nitrogens is 1. The average Bonchev–Trinajstić information content (AvgIpc) is 3.23. The summed E-state index contributed by atoms with van der Waals surface area (Å²) in [7, 11) is 0. The Bertz CT molecular complexity index is 755. The van der Waals surface area contributed by atoms with Gasteiger partial charge in [-0.1, -0.05) is 30.3 Å². The Kier molecular flexibility index (Phi) is 4.06. The van der Waals surface area contributed by atoms with E-state index in [1.54, 1.807) is 4.90 Å². The lowest BCUT2D eigenvalue weighted by Gasteiger charge is -2.16. The van der Waals surface area contributed by atoms with Crippen molar-refractivity contribution in [1.29, 1.82) is 0 Å². The molecule has 0 bridgehead atoms. The van der Waals surface area contributed by atoms with Crippen molar-refractivity contribution in [1.82, 2.24) is 9.88 Å². The van der Waals surface area contributed by atoms with Crippen LogP contribution < -0.4 is 5.32 Å². The molecule has 5 nitrogen and oxygen atoms in total. The van der Waals surface area contributed by atoms with Crippen LogP contribution in [0.25, 0.3) is 0 Å². The molecule has 2 heterocycles. The summed E-state index contributed by atoms with van der Waals surface area (Å²) in [4.78, 5) is 30.8. The summed E-state index contributed by atoms with van der Waals surface area (Å²) in [6.45, 7) is 1.03. The quantitative estimate of drug-likeness (QED) is 0.909. The van der Waals surface area contributed by atoms with E-state index in [0.29, 0.717) is 24.1 Å². The molecule has 0 spiro atoms. The maximum Gasteiger partial charge on any atom is 0.231 e. The molecule has 1 aliphatic heterocycles. The molecule has 24 heavy (non-hydrogen) atoms. The summed E-state index contributed by atoms with van der Waals surface area (Å²) in [6.07, 6.45) is 2.67. The Hall–Kier alpha value is -2.21. The summed E-state index contributed by atoms with van der Waals surface area (Å²) in [5, 5.41) is 5.55. The van der Waals surface area contributed by atoms with Crippen molar-refractivity contribution in [2.45, 2.75) is 31.7 Å². The van der Waals surface area contributed by atoms with E-state index in [0.717, 1.165) is 11.3 Å². The second-order valence-corrected chi connectivity index (χ2v) is 7.36. The van der Waals surface area contributed by atoms with Gasteiger partial charge in [-0.2, -0.15) is 0 Å². The predicted octanol–water partition coefficient (Wildman–Crippen LogP) is 3.01. The summed E-state index contributed by atoms with van der Waals surface area (Å²) in [5.41, 5.74) is 2.17. The molecule has 6 heteroatoms. The monoisotopic (exact) mass is 341 g/mol. The van der Waals surface area contributed by atoms with Crippen LogP contribution in [0, 0.1) is 5.92 Å². The van der Waals surface area contributed by atoms with Gasteiger partial charge < -0.3 is 10.2 Å². The molecule has 1 atom stereocenters. The summed E-state index contributed by atoms with van der Waals surface area (Å²) in [5.74, 6) is 0.225. The first-order valence-electron chi connectivity index (χ1n) is 8.27. The highest BCUT2D eigenvalue weighted by Crippen LogP contribution is 2.41. The third kappa shape index (κ3) is 3.33. The molecule has 1 aliphatic carbocycles. The standard InChI is InChI=1S/C18H19N3O2S/c22-16-8-14(10-21(16)9-12-4-2-1-3-5-12)17(23)20-18-19-15(11-24-18)13-6-7-13/h1-5,11,13-14H,6-10H2,(H,19,20,23)/t14-/m0/s1. The van der Waals surface area contributed by atoms with Gasteiger partial charge in [0.25, 0.3) is 0 Å². The zero-order chi connectivity index (χ0) is 16.5. The van der Waals surface area contributed by atoms with Gasteiger partial charge in [-0.3, -0.25) is 9.59 Å². The van der Waals surface area contributed by atoms with Gasteiger partial charge in [0.1, 0.15) is 0 Å². The van der Waals surface area contributed by atoms with Gasteiger partial charge in [0.05, 0.1) is 11.6 Å². The first kappa shape index (κ1) is 15.3. The van der Waals surface area contributed by atoms with Crippen LogP contribution in [0.15, 0.2) is 35.7 Å². The van der Waals surface area contributed by atoms with E-state index in [9.17, 15) is 9.59 Å². The summed E-state index contributed by atoms with van der Waals surface area (Å²) >= 11 is 1.47. The molecule has 2 aromatic rings. The number of benzene rings is 1. The Labute approximate surface area is 144 Å². The first-order valence-corrected chi connectivity index (χ1v) is 9.15. The molecule has 1 N–H and O–H groups in total. The largest absolute Gasteiger partial charge is 0.338 e. The minimum atomic E-state index is -0.297. The van der Waals surface area contributed by atoms with Crippen LogP contribution in [0.1, 0.15) is 36.4 Å². The number of carbonyl (C=O) groups excluding carboxylic acids is 2. The van der Waals surface area contributed by atoms with E-state index in [4.69, 9.17) is 0 Å². The molecule has 0 radical (unpaired) electrons. The third-order valence-electron chi connectivity index (χ3n) is 4.55. The van der Waals surface area contributed by atoms with Gasteiger partial charge in [-0.15, -0.1) is 11.3 Å². The Morgan fingerprint density at radius 3 is 2.83 bits per heavy atom.